The van der Waals surface area contributed by atoms with Crippen molar-refractivity contribution in [2.75, 3.05) is 58.9 Å². The minimum atomic E-state index is -1.54. The predicted octanol–water partition coefficient (Wildman–Crippen LogP) is -9.36. The molecule has 0 aliphatic heterocycles. The van der Waals surface area contributed by atoms with E-state index in [1.54, 1.807) is 0 Å². The van der Waals surface area contributed by atoms with E-state index in [4.69, 9.17) is 0 Å². The Bertz CT molecular complexity index is 487. The molecule has 0 aliphatic carbocycles. The molecule has 0 spiro atoms. The van der Waals surface area contributed by atoms with Crippen molar-refractivity contribution in [2.24, 2.45) is 0 Å². The Kier molecular flexibility index (Phi) is 16.0. The summed E-state index contributed by atoms with van der Waals surface area (Å²) in [7, 11) is 0. The molecule has 0 unspecified atom stereocenters. The van der Waals surface area contributed by atoms with E-state index < -0.39 is 62.6 Å². The first-order chi connectivity index (χ1) is 12.5. The number of carboxylic acids is 5. The first kappa shape index (κ1) is 28.8. The molecule has 0 aromatic heterocycles. The number of rotatable bonds is 16. The van der Waals surface area contributed by atoms with Crippen LogP contribution in [0.25, 0.3) is 0 Å². The number of nitrogens with zero attached hydrogens (tertiary/aromatic N) is 3. The fourth-order valence-corrected chi connectivity index (χ4v) is 2.18. The van der Waals surface area contributed by atoms with Gasteiger partial charge in [0.15, 0.2) is 0 Å². The molecule has 14 heteroatoms. The predicted molar refractivity (Wildman–Crippen MR) is 74.4 cm³/mol. The Morgan fingerprint density at radius 3 is 0.821 bits per heavy atom. The molecule has 0 radical (unpaired) electrons. The molecule has 0 atom stereocenters. The largest absolute Gasteiger partial charge is 3.00 e. The van der Waals surface area contributed by atoms with Gasteiger partial charge in [-0.1, -0.05) is 0 Å². The molecule has 0 aromatic carbocycles. The number of hydrogen-bond donors (Lipinski definition) is 0. The van der Waals surface area contributed by atoms with Gasteiger partial charge < -0.3 is 49.5 Å². The minimum Gasteiger partial charge on any atom is -0.549 e. The van der Waals surface area contributed by atoms with Gasteiger partial charge in [0.05, 0.1) is 29.8 Å². The summed E-state index contributed by atoms with van der Waals surface area (Å²) in [6.07, 6.45) is 0. The summed E-state index contributed by atoms with van der Waals surface area (Å²) in [6, 6.07) is 0. The number of aliphatic carboxylic acids is 5. The van der Waals surface area contributed by atoms with E-state index in [2.05, 4.69) is 0 Å². The minimum absolute atomic E-state index is 0. The first-order valence-electron chi connectivity index (χ1n) is 7.66. The molecular formula is C14H18N3O10Pr-2. The number of carbonyl (C=O) groups excluding carboxylic acids is 5. The van der Waals surface area contributed by atoms with Gasteiger partial charge in [-0.05, 0) is 0 Å². The maximum absolute atomic E-state index is 10.8. The Labute approximate surface area is 193 Å². The molecule has 0 amide bonds. The molecular weight excluding hydrogens is 511 g/mol. The van der Waals surface area contributed by atoms with Crippen molar-refractivity contribution in [3.8, 4) is 0 Å². The molecule has 28 heavy (non-hydrogen) atoms. The molecule has 0 fully saturated rings. The third-order valence-electron chi connectivity index (χ3n) is 3.23. The maximum atomic E-state index is 10.8. The van der Waals surface area contributed by atoms with E-state index in [-0.39, 0.29) is 67.5 Å². The Hall–Kier alpha value is -1.41. The quantitative estimate of drug-likeness (QED) is 0.182. The molecule has 0 aliphatic rings. The van der Waals surface area contributed by atoms with Crippen molar-refractivity contribution in [3.05, 3.63) is 0 Å². The van der Waals surface area contributed by atoms with E-state index in [1.165, 1.54) is 4.90 Å². The monoisotopic (exact) mass is 529 g/mol. The van der Waals surface area contributed by atoms with Crippen LogP contribution in [0.2, 0.25) is 0 Å². The van der Waals surface area contributed by atoms with Crippen molar-refractivity contribution >= 4 is 29.8 Å². The number of hydrogen-bond acceptors (Lipinski definition) is 13. The second-order valence-electron chi connectivity index (χ2n) is 5.56. The van der Waals surface area contributed by atoms with Gasteiger partial charge in [-0.3, -0.25) is 14.7 Å². The fourth-order valence-electron chi connectivity index (χ4n) is 2.18. The van der Waals surface area contributed by atoms with Gasteiger partial charge in [-0.25, -0.2) is 0 Å². The Balaban J connectivity index is 0. The van der Waals surface area contributed by atoms with Crippen LogP contribution in [0.5, 0.6) is 0 Å². The molecule has 0 rings (SSSR count). The molecule has 0 saturated carbocycles. The Morgan fingerprint density at radius 1 is 0.429 bits per heavy atom. The molecule has 0 bridgehead atoms. The second-order valence-corrected chi connectivity index (χ2v) is 5.56. The molecule has 0 aromatic rings. The number of carboxylic acid groups (broad SMARTS) is 5. The van der Waals surface area contributed by atoms with Crippen LogP contribution in [0, 0.1) is 41.3 Å². The van der Waals surface area contributed by atoms with Crippen molar-refractivity contribution in [1.29, 1.82) is 0 Å². The van der Waals surface area contributed by atoms with Crippen LogP contribution in [0.4, 0.5) is 0 Å². The average Bonchev–Trinajstić information content (AvgIpc) is 2.46. The first-order valence-corrected chi connectivity index (χ1v) is 7.66. The van der Waals surface area contributed by atoms with Crippen LogP contribution in [-0.4, -0.2) is 103 Å². The smallest absolute Gasteiger partial charge is 0.549 e. The summed E-state index contributed by atoms with van der Waals surface area (Å²) in [4.78, 5) is 56.4. The summed E-state index contributed by atoms with van der Waals surface area (Å²) in [5.41, 5.74) is 0. The van der Waals surface area contributed by atoms with E-state index >= 15 is 0 Å². The average molecular weight is 529 g/mol. The standard InChI is InChI=1S/C14H23N3O10.Pr/c18-10(19)5-15(1-3-16(6-11(20)21)7-12(22)23)2-4-17(8-13(24)25)9-14(26)27;/h1-9H2,(H,18,19)(H,20,21)(H,22,23)(H,24,25)(H,26,27);/q;+3/p-5. The normalized spacial score (nSPS) is 10.7. The van der Waals surface area contributed by atoms with E-state index in [9.17, 15) is 49.5 Å². The summed E-state index contributed by atoms with van der Waals surface area (Å²) in [5.74, 6) is -7.67. The summed E-state index contributed by atoms with van der Waals surface area (Å²) in [6.45, 7) is -4.16. The molecule has 0 heterocycles. The zero-order valence-electron chi connectivity index (χ0n) is 14.9. The van der Waals surface area contributed by atoms with Gasteiger partial charge >= 0.3 is 41.3 Å². The van der Waals surface area contributed by atoms with Crippen LogP contribution in [0.1, 0.15) is 0 Å². The second kappa shape index (κ2) is 15.5. The molecule has 154 valence electrons. The van der Waals surface area contributed by atoms with E-state index in [0.717, 1.165) is 9.80 Å². The third kappa shape index (κ3) is 16.7. The van der Waals surface area contributed by atoms with Gasteiger partial charge in [0.1, 0.15) is 0 Å². The van der Waals surface area contributed by atoms with Gasteiger partial charge in [-0.15, -0.1) is 0 Å². The van der Waals surface area contributed by atoms with Gasteiger partial charge in [0.25, 0.3) is 0 Å². The zero-order valence-corrected chi connectivity index (χ0v) is 18.6. The van der Waals surface area contributed by atoms with Crippen LogP contribution in [-0.2, 0) is 24.0 Å². The fraction of sp³-hybridized carbons (Fsp3) is 0.643. The molecule has 13 nitrogen and oxygen atoms in total. The van der Waals surface area contributed by atoms with Crippen molar-refractivity contribution < 1.29 is 90.8 Å². The third-order valence-corrected chi connectivity index (χ3v) is 3.23. The maximum Gasteiger partial charge on any atom is 3.00 e. The zero-order chi connectivity index (χ0) is 21.0. The van der Waals surface area contributed by atoms with Gasteiger partial charge in [-0.2, -0.15) is 0 Å². The number of carbonyl (C=O) groups is 5. The van der Waals surface area contributed by atoms with Crippen molar-refractivity contribution in [2.45, 2.75) is 0 Å². The van der Waals surface area contributed by atoms with E-state index in [1.807, 2.05) is 0 Å². The summed E-state index contributed by atoms with van der Waals surface area (Å²) in [5, 5.41) is 53.3. The summed E-state index contributed by atoms with van der Waals surface area (Å²) < 4.78 is 0. The van der Waals surface area contributed by atoms with Gasteiger partial charge in [0, 0.05) is 58.9 Å². The Morgan fingerprint density at radius 2 is 0.607 bits per heavy atom. The molecule has 0 saturated heterocycles. The van der Waals surface area contributed by atoms with Crippen LogP contribution in [0.15, 0.2) is 0 Å². The van der Waals surface area contributed by atoms with Crippen molar-refractivity contribution in [1.82, 2.24) is 14.7 Å². The van der Waals surface area contributed by atoms with Crippen LogP contribution < -0.4 is 25.5 Å². The van der Waals surface area contributed by atoms with Crippen molar-refractivity contribution in [3.63, 3.8) is 0 Å². The van der Waals surface area contributed by atoms with E-state index in [0.29, 0.717) is 0 Å². The summed E-state index contributed by atoms with van der Waals surface area (Å²) >= 11 is 0. The SMILES string of the molecule is O=C([O-])CN(CCN(CC(=O)[O-])CC(=O)[O-])CCN(CC(=O)[O-])CC(=O)[O-].[Pr+3]. The topological polar surface area (TPSA) is 210 Å². The van der Waals surface area contributed by atoms with Crippen LogP contribution in [0.3, 0.4) is 0 Å². The van der Waals surface area contributed by atoms with Gasteiger partial charge in [0.2, 0.25) is 0 Å². The molecule has 0 N–H and O–H groups in total. The van der Waals surface area contributed by atoms with Crippen LogP contribution >= 0.6 is 0 Å².